The Balaban J connectivity index is 1.59. The summed E-state index contributed by atoms with van der Waals surface area (Å²) in [6.45, 7) is 5.96. The molecule has 0 aromatic carbocycles. The summed E-state index contributed by atoms with van der Waals surface area (Å²) >= 11 is 0. The number of piperazine rings is 1. The summed E-state index contributed by atoms with van der Waals surface area (Å²) in [5, 5.41) is 0. The van der Waals surface area contributed by atoms with Crippen molar-refractivity contribution in [1.82, 2.24) is 19.9 Å². The lowest BCUT2D eigenvalue weighted by molar-refractivity contribution is 0.243. The summed E-state index contributed by atoms with van der Waals surface area (Å²) < 4.78 is 13.6. The lowest BCUT2D eigenvalue weighted by Gasteiger charge is -2.35. The van der Waals surface area contributed by atoms with Gasteiger partial charge in [0.05, 0.1) is 5.69 Å². The molecule has 0 radical (unpaired) electrons. The van der Waals surface area contributed by atoms with E-state index in [0.717, 1.165) is 37.8 Å². The standard InChI is InChI=1S/C15H18FN5/c1-12-17-6-4-15(19-12)21-9-7-20(8-10-21)11-14-13(16)3-2-5-18-14/h2-6H,7-11H2,1H3. The highest BCUT2D eigenvalue weighted by Gasteiger charge is 2.19. The molecule has 0 unspecified atom stereocenters. The second-order valence-electron chi connectivity index (χ2n) is 5.16. The molecule has 1 aliphatic heterocycles. The molecule has 0 N–H and O–H groups in total. The van der Waals surface area contributed by atoms with Gasteiger partial charge in [-0.05, 0) is 25.1 Å². The second kappa shape index (κ2) is 6.13. The van der Waals surface area contributed by atoms with E-state index in [2.05, 4.69) is 24.8 Å². The maximum atomic E-state index is 13.6. The van der Waals surface area contributed by atoms with Crippen LogP contribution in [0, 0.1) is 12.7 Å². The molecule has 0 aliphatic carbocycles. The van der Waals surface area contributed by atoms with Gasteiger partial charge in [-0.1, -0.05) is 0 Å². The van der Waals surface area contributed by atoms with Crippen molar-refractivity contribution < 1.29 is 4.39 Å². The van der Waals surface area contributed by atoms with Crippen molar-refractivity contribution in [3.63, 3.8) is 0 Å². The maximum absolute atomic E-state index is 13.6. The van der Waals surface area contributed by atoms with Gasteiger partial charge in [0.15, 0.2) is 0 Å². The predicted octanol–water partition coefficient (Wildman–Crippen LogP) is 1.64. The fraction of sp³-hybridized carbons (Fsp3) is 0.400. The number of nitrogens with zero attached hydrogens (tertiary/aromatic N) is 5. The zero-order valence-electron chi connectivity index (χ0n) is 12.0. The van der Waals surface area contributed by atoms with E-state index in [4.69, 9.17) is 0 Å². The highest BCUT2D eigenvalue weighted by Crippen LogP contribution is 2.15. The molecule has 1 fully saturated rings. The molecule has 1 saturated heterocycles. The first-order chi connectivity index (χ1) is 10.2. The first-order valence-corrected chi connectivity index (χ1v) is 7.09. The molecule has 6 heteroatoms. The number of aromatic nitrogens is 3. The average Bonchev–Trinajstić information content (AvgIpc) is 2.50. The van der Waals surface area contributed by atoms with Crippen LogP contribution in [-0.2, 0) is 6.54 Å². The Labute approximate surface area is 123 Å². The minimum absolute atomic E-state index is 0.230. The Morgan fingerprint density at radius 2 is 1.90 bits per heavy atom. The lowest BCUT2D eigenvalue weighted by atomic mass is 10.2. The van der Waals surface area contributed by atoms with Crippen molar-refractivity contribution in [2.24, 2.45) is 0 Å². The van der Waals surface area contributed by atoms with E-state index in [0.29, 0.717) is 12.2 Å². The molecule has 2 aromatic rings. The monoisotopic (exact) mass is 287 g/mol. The quantitative estimate of drug-likeness (QED) is 0.859. The molecule has 2 aromatic heterocycles. The molecule has 0 atom stereocenters. The summed E-state index contributed by atoms with van der Waals surface area (Å²) in [7, 11) is 0. The molecule has 0 saturated carbocycles. The summed E-state index contributed by atoms with van der Waals surface area (Å²) in [6.07, 6.45) is 3.42. The van der Waals surface area contributed by atoms with Gasteiger partial charge in [0.25, 0.3) is 0 Å². The zero-order chi connectivity index (χ0) is 14.7. The van der Waals surface area contributed by atoms with Crippen molar-refractivity contribution in [2.75, 3.05) is 31.1 Å². The SMILES string of the molecule is Cc1nccc(N2CCN(Cc3ncccc3F)CC2)n1. The summed E-state index contributed by atoms with van der Waals surface area (Å²) in [5.41, 5.74) is 0.517. The van der Waals surface area contributed by atoms with Crippen LogP contribution < -0.4 is 4.90 Å². The Bertz CT molecular complexity index is 611. The van der Waals surface area contributed by atoms with Gasteiger partial charge in [-0.2, -0.15) is 0 Å². The molecule has 110 valence electrons. The third kappa shape index (κ3) is 3.33. The van der Waals surface area contributed by atoms with Gasteiger partial charge in [0.2, 0.25) is 0 Å². The summed E-state index contributed by atoms with van der Waals surface area (Å²) in [4.78, 5) is 17.1. The third-order valence-electron chi connectivity index (χ3n) is 3.67. The highest BCUT2D eigenvalue weighted by atomic mass is 19.1. The Hall–Kier alpha value is -2.08. The minimum atomic E-state index is -0.230. The molecule has 0 spiro atoms. The maximum Gasteiger partial charge on any atom is 0.146 e. The number of pyridine rings is 1. The third-order valence-corrected chi connectivity index (χ3v) is 3.67. The van der Waals surface area contributed by atoms with Crippen LogP contribution in [0.5, 0.6) is 0 Å². The first-order valence-electron chi connectivity index (χ1n) is 7.09. The van der Waals surface area contributed by atoms with Gasteiger partial charge < -0.3 is 4.90 Å². The van der Waals surface area contributed by atoms with Gasteiger partial charge in [-0.3, -0.25) is 9.88 Å². The summed E-state index contributed by atoms with van der Waals surface area (Å²) in [5.74, 6) is 1.52. The fourth-order valence-electron chi connectivity index (χ4n) is 2.50. The number of aryl methyl sites for hydroxylation is 1. The zero-order valence-corrected chi connectivity index (χ0v) is 12.0. The molecular weight excluding hydrogens is 269 g/mol. The van der Waals surface area contributed by atoms with Crippen LogP contribution in [0.4, 0.5) is 10.2 Å². The van der Waals surface area contributed by atoms with Crippen molar-refractivity contribution in [2.45, 2.75) is 13.5 Å². The first kappa shape index (κ1) is 13.9. The van der Waals surface area contributed by atoms with Gasteiger partial charge in [-0.15, -0.1) is 0 Å². The number of anilines is 1. The molecule has 3 rings (SSSR count). The molecule has 21 heavy (non-hydrogen) atoms. The second-order valence-corrected chi connectivity index (χ2v) is 5.16. The Morgan fingerprint density at radius 1 is 1.10 bits per heavy atom. The van der Waals surface area contributed by atoms with Gasteiger partial charge >= 0.3 is 0 Å². The summed E-state index contributed by atoms with van der Waals surface area (Å²) in [6, 6.07) is 5.01. The van der Waals surface area contributed by atoms with Gasteiger partial charge in [0.1, 0.15) is 17.5 Å². The normalized spacial score (nSPS) is 16.2. The Morgan fingerprint density at radius 3 is 2.62 bits per heavy atom. The number of rotatable bonds is 3. The molecule has 0 bridgehead atoms. The van der Waals surface area contributed by atoms with E-state index >= 15 is 0 Å². The van der Waals surface area contributed by atoms with Crippen molar-refractivity contribution >= 4 is 5.82 Å². The highest BCUT2D eigenvalue weighted by molar-refractivity contribution is 5.37. The van der Waals surface area contributed by atoms with Crippen LogP contribution in [0.3, 0.4) is 0 Å². The van der Waals surface area contributed by atoms with E-state index in [1.807, 2.05) is 13.0 Å². The van der Waals surface area contributed by atoms with Crippen LogP contribution in [0.15, 0.2) is 30.6 Å². The van der Waals surface area contributed by atoms with E-state index < -0.39 is 0 Å². The topological polar surface area (TPSA) is 45.2 Å². The fourth-order valence-corrected chi connectivity index (χ4v) is 2.50. The molecule has 1 aliphatic rings. The van der Waals surface area contributed by atoms with E-state index in [1.165, 1.54) is 6.07 Å². The van der Waals surface area contributed by atoms with Gasteiger partial charge in [-0.25, -0.2) is 14.4 Å². The van der Waals surface area contributed by atoms with Crippen LogP contribution in [0.25, 0.3) is 0 Å². The average molecular weight is 287 g/mol. The predicted molar refractivity (Wildman–Crippen MR) is 78.5 cm³/mol. The van der Waals surface area contributed by atoms with Crippen molar-refractivity contribution in [1.29, 1.82) is 0 Å². The molecule has 5 nitrogen and oxygen atoms in total. The smallest absolute Gasteiger partial charge is 0.146 e. The molecule has 0 amide bonds. The van der Waals surface area contributed by atoms with Crippen LogP contribution in [0.2, 0.25) is 0 Å². The Kier molecular flexibility index (Phi) is 4.06. The lowest BCUT2D eigenvalue weighted by Crippen LogP contribution is -2.46. The number of hydrogen-bond donors (Lipinski definition) is 0. The van der Waals surface area contributed by atoms with Crippen molar-refractivity contribution in [3.05, 3.63) is 47.9 Å². The largest absolute Gasteiger partial charge is 0.354 e. The van der Waals surface area contributed by atoms with Gasteiger partial charge in [0, 0.05) is 45.1 Å². The van der Waals surface area contributed by atoms with Crippen LogP contribution in [0.1, 0.15) is 11.5 Å². The van der Waals surface area contributed by atoms with Crippen molar-refractivity contribution in [3.8, 4) is 0 Å². The van der Waals surface area contributed by atoms with E-state index in [-0.39, 0.29) is 5.82 Å². The molecule has 3 heterocycles. The van der Waals surface area contributed by atoms with Crippen LogP contribution >= 0.6 is 0 Å². The van der Waals surface area contributed by atoms with E-state index in [1.54, 1.807) is 18.5 Å². The number of halogens is 1. The van der Waals surface area contributed by atoms with E-state index in [9.17, 15) is 4.39 Å². The van der Waals surface area contributed by atoms with Crippen LogP contribution in [-0.4, -0.2) is 46.0 Å². The molecular formula is C15H18FN5. The minimum Gasteiger partial charge on any atom is -0.354 e. The number of hydrogen-bond acceptors (Lipinski definition) is 5.